The number of nitrogens with zero attached hydrogens (tertiary/aromatic N) is 6. The molecule has 9 heteroatoms. The molecule has 3 aromatic heterocycles. The Morgan fingerprint density at radius 3 is 2.06 bits per heavy atom. The van der Waals surface area contributed by atoms with Crippen molar-refractivity contribution in [3.8, 4) is 22.5 Å². The van der Waals surface area contributed by atoms with Crippen molar-refractivity contribution in [2.45, 2.75) is 30.8 Å². The van der Waals surface area contributed by atoms with Gasteiger partial charge in [-0.05, 0) is 60.4 Å². The first-order valence-corrected chi connectivity index (χ1v) is 17.6. The summed E-state index contributed by atoms with van der Waals surface area (Å²) in [6.07, 6.45) is 5.75. The summed E-state index contributed by atoms with van der Waals surface area (Å²) in [5.74, 6) is 1.25. The predicted molar refractivity (Wildman–Crippen MR) is 197 cm³/mol. The van der Waals surface area contributed by atoms with E-state index in [0.717, 1.165) is 94.9 Å². The molecule has 4 heterocycles. The number of hydrogen-bond donors (Lipinski definition) is 1. The second kappa shape index (κ2) is 13.0. The average molecular weight is 678 g/mol. The minimum Gasteiger partial charge on any atom is -0.382 e. The highest BCUT2D eigenvalue weighted by Crippen LogP contribution is 2.43. The van der Waals surface area contributed by atoms with Crippen LogP contribution >= 0.6 is 0 Å². The van der Waals surface area contributed by atoms with Crippen molar-refractivity contribution in [3.05, 3.63) is 150 Å². The fraction of sp³-hybridized carbons (Fsp3) is 0.214. The molecule has 0 spiro atoms. The molecule has 1 aliphatic heterocycles. The molecule has 0 amide bonds. The van der Waals surface area contributed by atoms with Gasteiger partial charge >= 0.3 is 0 Å². The van der Waals surface area contributed by atoms with Crippen LogP contribution in [0, 0.1) is 11.6 Å². The number of imidazole rings is 1. The average Bonchev–Trinajstić information content (AvgIpc) is 3.53. The Morgan fingerprint density at radius 2 is 1.37 bits per heavy atom. The smallest absolute Gasteiger partial charge is 0.150 e. The van der Waals surface area contributed by atoms with Gasteiger partial charge in [0.1, 0.15) is 34.5 Å². The van der Waals surface area contributed by atoms with Gasteiger partial charge in [0.15, 0.2) is 0 Å². The van der Waals surface area contributed by atoms with Gasteiger partial charge in [0, 0.05) is 67.0 Å². The Hall–Kier alpha value is -5.51. The molecule has 1 saturated heterocycles. The second-order valence-electron chi connectivity index (χ2n) is 13.7. The molecule has 1 aliphatic carbocycles. The summed E-state index contributed by atoms with van der Waals surface area (Å²) in [4.78, 5) is 19.7. The number of halogens is 2. The van der Waals surface area contributed by atoms with Crippen LogP contribution in [0.2, 0.25) is 0 Å². The Balaban J connectivity index is 0.935. The second-order valence-corrected chi connectivity index (χ2v) is 13.7. The van der Waals surface area contributed by atoms with E-state index in [0.29, 0.717) is 17.8 Å². The van der Waals surface area contributed by atoms with Gasteiger partial charge in [-0.15, -0.1) is 0 Å². The molecule has 9 rings (SSSR count). The third kappa shape index (κ3) is 5.92. The molecule has 51 heavy (non-hydrogen) atoms. The van der Waals surface area contributed by atoms with Crippen molar-refractivity contribution in [2.24, 2.45) is 0 Å². The number of hydrogen-bond acceptors (Lipinski definition) is 6. The van der Waals surface area contributed by atoms with Gasteiger partial charge in [-0.2, -0.15) is 0 Å². The summed E-state index contributed by atoms with van der Waals surface area (Å²) < 4.78 is 29.8. The van der Waals surface area contributed by atoms with E-state index in [4.69, 9.17) is 15.7 Å². The third-order valence-corrected chi connectivity index (χ3v) is 10.7. The summed E-state index contributed by atoms with van der Waals surface area (Å²) in [5.41, 5.74) is 14.1. The van der Waals surface area contributed by atoms with Gasteiger partial charge in [-0.25, -0.2) is 23.7 Å². The first-order valence-electron chi connectivity index (χ1n) is 17.6. The van der Waals surface area contributed by atoms with Crippen molar-refractivity contribution in [3.63, 3.8) is 0 Å². The highest BCUT2D eigenvalue weighted by atomic mass is 19.1. The standard InChI is InChI=1S/C42H37F2N7/c43-33-13-8-29(9-14-33)39(30-10-15-34(44)16-11-30)50-22-20-49(21-23-50)35-24-32(25-35)42-48-38(40-41(45)46-18-19-51(40)42)31-7-6-28-12-17-36(47-37(28)26-31)27-4-2-1-3-5-27/h1-19,26,32,35,39H,20-25H2,(H2,45,46)/t32-,35+. The quantitative estimate of drug-likeness (QED) is 0.184. The maximum absolute atomic E-state index is 13.8. The fourth-order valence-corrected chi connectivity index (χ4v) is 7.97. The molecule has 2 fully saturated rings. The molecule has 0 bridgehead atoms. The van der Waals surface area contributed by atoms with Crippen molar-refractivity contribution < 1.29 is 8.78 Å². The summed E-state index contributed by atoms with van der Waals surface area (Å²) in [6.45, 7) is 3.58. The van der Waals surface area contributed by atoms with Gasteiger partial charge in [0.25, 0.3) is 0 Å². The summed E-state index contributed by atoms with van der Waals surface area (Å²) in [7, 11) is 0. The molecule has 7 aromatic rings. The third-order valence-electron chi connectivity index (χ3n) is 10.7. The first kappa shape index (κ1) is 31.5. The lowest BCUT2D eigenvalue weighted by molar-refractivity contribution is 0.0393. The zero-order valence-electron chi connectivity index (χ0n) is 28.0. The monoisotopic (exact) mass is 677 g/mol. The van der Waals surface area contributed by atoms with E-state index in [1.165, 1.54) is 24.3 Å². The largest absolute Gasteiger partial charge is 0.382 e. The molecule has 7 nitrogen and oxygen atoms in total. The molecule has 2 N–H and O–H groups in total. The Kier molecular flexibility index (Phi) is 8.01. The van der Waals surface area contributed by atoms with E-state index < -0.39 is 0 Å². The lowest BCUT2D eigenvalue weighted by Gasteiger charge is -2.47. The number of nitrogens with two attached hydrogens (primary N) is 1. The number of benzene rings is 4. The SMILES string of the molecule is Nc1nccn2c1c(-c1ccc3ccc(-c4ccccc4)nc3c1)nc2[C@H]1C[C@@H](N2CCN(C(c3ccc(F)cc3)c3ccc(F)cc3)CC2)C1. The van der Waals surface area contributed by atoms with Crippen molar-refractivity contribution in [1.29, 1.82) is 0 Å². The van der Waals surface area contributed by atoms with E-state index in [1.54, 1.807) is 6.20 Å². The Labute approximate surface area is 295 Å². The molecule has 254 valence electrons. The fourth-order valence-electron chi connectivity index (χ4n) is 7.97. The van der Waals surface area contributed by atoms with Crippen molar-refractivity contribution in [2.75, 3.05) is 31.9 Å². The molecular formula is C42H37F2N7. The molecule has 1 saturated carbocycles. The molecule has 0 unspecified atom stereocenters. The zero-order valence-corrected chi connectivity index (χ0v) is 28.0. The minimum absolute atomic E-state index is 0.0634. The van der Waals surface area contributed by atoms with E-state index in [-0.39, 0.29) is 17.7 Å². The number of anilines is 1. The van der Waals surface area contributed by atoms with Crippen LogP contribution in [0.1, 0.15) is 41.8 Å². The Morgan fingerprint density at radius 1 is 0.706 bits per heavy atom. The number of piperazine rings is 1. The normalized spacial score (nSPS) is 18.4. The molecular weight excluding hydrogens is 641 g/mol. The zero-order chi connectivity index (χ0) is 34.5. The molecule has 4 aromatic carbocycles. The van der Waals surface area contributed by atoms with Crippen LogP contribution in [-0.4, -0.2) is 61.4 Å². The van der Waals surface area contributed by atoms with Crippen LogP contribution in [0.4, 0.5) is 14.6 Å². The lowest BCUT2D eigenvalue weighted by atomic mass is 9.78. The maximum atomic E-state index is 13.8. The van der Waals surface area contributed by atoms with E-state index in [2.05, 4.69) is 61.6 Å². The van der Waals surface area contributed by atoms with Crippen LogP contribution in [0.25, 0.3) is 38.9 Å². The number of nitrogen functional groups attached to an aromatic ring is 1. The number of aromatic nitrogens is 4. The summed E-state index contributed by atoms with van der Waals surface area (Å²) in [5, 5.41) is 1.07. The van der Waals surface area contributed by atoms with Crippen LogP contribution < -0.4 is 5.73 Å². The minimum atomic E-state index is -0.260. The van der Waals surface area contributed by atoms with Gasteiger partial charge in [-0.3, -0.25) is 14.2 Å². The van der Waals surface area contributed by atoms with Gasteiger partial charge in [0.2, 0.25) is 0 Å². The number of fused-ring (bicyclic) bond motifs is 2. The van der Waals surface area contributed by atoms with Gasteiger partial charge in [0.05, 0.1) is 17.3 Å². The summed E-state index contributed by atoms with van der Waals surface area (Å²) in [6, 6.07) is 34.5. The molecule has 0 atom stereocenters. The summed E-state index contributed by atoms with van der Waals surface area (Å²) >= 11 is 0. The van der Waals surface area contributed by atoms with E-state index in [9.17, 15) is 8.78 Å². The van der Waals surface area contributed by atoms with Crippen LogP contribution in [0.15, 0.2) is 122 Å². The highest BCUT2D eigenvalue weighted by molar-refractivity contribution is 5.91. The van der Waals surface area contributed by atoms with Crippen LogP contribution in [-0.2, 0) is 0 Å². The van der Waals surface area contributed by atoms with Gasteiger partial charge in [-0.1, -0.05) is 72.8 Å². The maximum Gasteiger partial charge on any atom is 0.150 e. The lowest BCUT2D eigenvalue weighted by Crippen LogP contribution is -2.54. The van der Waals surface area contributed by atoms with Crippen molar-refractivity contribution >= 4 is 22.2 Å². The van der Waals surface area contributed by atoms with E-state index >= 15 is 0 Å². The topological polar surface area (TPSA) is 75.6 Å². The van der Waals surface area contributed by atoms with Crippen molar-refractivity contribution in [1.82, 2.24) is 29.2 Å². The first-order chi connectivity index (χ1) is 25.0. The van der Waals surface area contributed by atoms with Crippen LogP contribution in [0.3, 0.4) is 0 Å². The van der Waals surface area contributed by atoms with Crippen LogP contribution in [0.5, 0.6) is 0 Å². The highest BCUT2D eigenvalue weighted by Gasteiger charge is 2.39. The van der Waals surface area contributed by atoms with Gasteiger partial charge < -0.3 is 5.73 Å². The van der Waals surface area contributed by atoms with E-state index in [1.807, 2.05) is 48.7 Å². The number of pyridine rings is 1. The molecule has 0 radical (unpaired) electrons. The predicted octanol–water partition coefficient (Wildman–Crippen LogP) is 8.13. The Bertz CT molecular complexity index is 2280. The molecule has 2 aliphatic rings. The number of rotatable bonds is 7.